The molecule has 0 aliphatic carbocycles. The summed E-state index contributed by atoms with van der Waals surface area (Å²) in [5.41, 5.74) is 3.26. The standard InChI is InChI=1S/C19H16Br2N2O2/c1-11-4-5-12(2)17(6-11)23-19(24)14(10-22)7-13-8-15(20)9-16(21)18(13)25-3/h4-9H,1-3H3,(H,23,24)/b14-7+. The first-order valence-corrected chi connectivity index (χ1v) is 8.97. The number of methoxy groups -OCH3 is 1. The maximum absolute atomic E-state index is 12.5. The number of halogens is 2. The molecule has 6 heteroatoms. The van der Waals surface area contributed by atoms with E-state index >= 15 is 0 Å². The van der Waals surface area contributed by atoms with E-state index in [1.165, 1.54) is 13.2 Å². The molecular weight excluding hydrogens is 448 g/mol. The van der Waals surface area contributed by atoms with E-state index in [9.17, 15) is 10.1 Å². The summed E-state index contributed by atoms with van der Waals surface area (Å²) in [5, 5.41) is 12.2. The van der Waals surface area contributed by atoms with Gasteiger partial charge in [0, 0.05) is 15.7 Å². The minimum Gasteiger partial charge on any atom is -0.495 e. The second-order valence-electron chi connectivity index (χ2n) is 5.45. The fourth-order valence-electron chi connectivity index (χ4n) is 2.27. The Morgan fingerprint density at radius 1 is 1.24 bits per heavy atom. The van der Waals surface area contributed by atoms with Gasteiger partial charge < -0.3 is 10.1 Å². The van der Waals surface area contributed by atoms with Crippen LogP contribution < -0.4 is 10.1 Å². The summed E-state index contributed by atoms with van der Waals surface area (Å²) in [7, 11) is 1.54. The second kappa shape index (κ2) is 8.32. The van der Waals surface area contributed by atoms with E-state index in [1.807, 2.05) is 44.2 Å². The lowest BCUT2D eigenvalue weighted by molar-refractivity contribution is -0.112. The van der Waals surface area contributed by atoms with E-state index in [1.54, 1.807) is 6.07 Å². The monoisotopic (exact) mass is 462 g/mol. The number of hydrogen-bond donors (Lipinski definition) is 1. The average molecular weight is 464 g/mol. The third-order valence-electron chi connectivity index (χ3n) is 3.55. The number of ether oxygens (including phenoxy) is 1. The van der Waals surface area contributed by atoms with Gasteiger partial charge in [-0.15, -0.1) is 0 Å². The summed E-state index contributed by atoms with van der Waals surface area (Å²) in [5.74, 6) is 0.0878. The maximum atomic E-state index is 12.5. The van der Waals surface area contributed by atoms with E-state index in [0.29, 0.717) is 17.0 Å². The first-order chi connectivity index (χ1) is 11.8. The molecule has 0 radical (unpaired) electrons. The number of aryl methyl sites for hydroxylation is 2. The highest BCUT2D eigenvalue weighted by Crippen LogP contribution is 2.34. The maximum Gasteiger partial charge on any atom is 0.266 e. The van der Waals surface area contributed by atoms with Gasteiger partial charge in [-0.1, -0.05) is 28.1 Å². The second-order valence-corrected chi connectivity index (χ2v) is 7.22. The fourth-order valence-corrected chi connectivity index (χ4v) is 3.69. The van der Waals surface area contributed by atoms with Gasteiger partial charge in [0.1, 0.15) is 17.4 Å². The molecule has 0 aliphatic rings. The number of carbonyl (C=O) groups is 1. The van der Waals surface area contributed by atoms with Gasteiger partial charge in [-0.2, -0.15) is 5.26 Å². The molecule has 2 aromatic carbocycles. The van der Waals surface area contributed by atoms with Gasteiger partial charge in [-0.25, -0.2) is 0 Å². The minimum atomic E-state index is -0.464. The predicted octanol–water partition coefficient (Wildman–Crippen LogP) is 5.38. The number of benzene rings is 2. The molecule has 0 fully saturated rings. The number of hydrogen-bond acceptors (Lipinski definition) is 3. The molecule has 0 unspecified atom stereocenters. The number of nitriles is 1. The van der Waals surface area contributed by atoms with Crippen LogP contribution in [0.4, 0.5) is 5.69 Å². The van der Waals surface area contributed by atoms with Gasteiger partial charge in [0.05, 0.1) is 11.6 Å². The van der Waals surface area contributed by atoms with Crippen LogP contribution in [0.3, 0.4) is 0 Å². The van der Waals surface area contributed by atoms with Crippen molar-refractivity contribution in [3.8, 4) is 11.8 Å². The van der Waals surface area contributed by atoms with Crippen LogP contribution in [0.15, 0.2) is 44.9 Å². The van der Waals surface area contributed by atoms with Crippen LogP contribution in [0.25, 0.3) is 6.08 Å². The van der Waals surface area contributed by atoms with Crippen LogP contribution in [0.2, 0.25) is 0 Å². The molecule has 128 valence electrons. The van der Waals surface area contributed by atoms with Crippen molar-refractivity contribution in [1.29, 1.82) is 5.26 Å². The Morgan fingerprint density at radius 2 is 1.96 bits per heavy atom. The van der Waals surface area contributed by atoms with Crippen LogP contribution >= 0.6 is 31.9 Å². The summed E-state index contributed by atoms with van der Waals surface area (Å²) in [6.07, 6.45) is 1.51. The highest BCUT2D eigenvalue weighted by molar-refractivity contribution is 9.11. The Kier molecular flexibility index (Phi) is 6.40. The molecule has 0 bridgehead atoms. The average Bonchev–Trinajstić information content (AvgIpc) is 2.55. The third-order valence-corrected chi connectivity index (χ3v) is 4.59. The minimum absolute atomic E-state index is 0.00999. The SMILES string of the molecule is COc1c(Br)cc(Br)cc1/C=C(\C#N)C(=O)Nc1cc(C)ccc1C. The summed E-state index contributed by atoms with van der Waals surface area (Å²) in [6.45, 7) is 3.85. The van der Waals surface area contributed by atoms with Gasteiger partial charge in [-0.3, -0.25) is 4.79 Å². The van der Waals surface area contributed by atoms with E-state index in [-0.39, 0.29) is 5.57 Å². The molecule has 0 aromatic heterocycles. The molecule has 4 nitrogen and oxygen atoms in total. The van der Waals surface area contributed by atoms with Crippen LogP contribution in [0, 0.1) is 25.2 Å². The smallest absolute Gasteiger partial charge is 0.266 e. The number of nitrogens with zero attached hydrogens (tertiary/aromatic N) is 1. The van der Waals surface area contributed by atoms with Crippen molar-refractivity contribution < 1.29 is 9.53 Å². The zero-order valence-electron chi connectivity index (χ0n) is 14.0. The third kappa shape index (κ3) is 4.71. The van der Waals surface area contributed by atoms with Crippen molar-refractivity contribution in [2.24, 2.45) is 0 Å². The molecule has 0 saturated heterocycles. The van der Waals surface area contributed by atoms with Crippen molar-refractivity contribution in [3.63, 3.8) is 0 Å². The number of nitrogens with one attached hydrogen (secondary N) is 1. The van der Waals surface area contributed by atoms with Gasteiger partial charge in [-0.05, 0) is 65.2 Å². The van der Waals surface area contributed by atoms with Crippen molar-refractivity contribution in [3.05, 3.63) is 61.5 Å². The van der Waals surface area contributed by atoms with Crippen LogP contribution in [-0.2, 0) is 4.79 Å². The van der Waals surface area contributed by atoms with Gasteiger partial charge in [0.25, 0.3) is 5.91 Å². The summed E-state index contributed by atoms with van der Waals surface area (Å²) >= 11 is 6.81. The highest BCUT2D eigenvalue weighted by atomic mass is 79.9. The van der Waals surface area contributed by atoms with Gasteiger partial charge in [0.15, 0.2) is 0 Å². The van der Waals surface area contributed by atoms with Crippen molar-refractivity contribution in [2.75, 3.05) is 12.4 Å². The Bertz CT molecular complexity index is 899. The first-order valence-electron chi connectivity index (χ1n) is 7.39. The summed E-state index contributed by atoms with van der Waals surface area (Å²) < 4.78 is 6.89. The molecule has 0 aliphatic heterocycles. The van der Waals surface area contributed by atoms with Gasteiger partial charge >= 0.3 is 0 Å². The highest BCUT2D eigenvalue weighted by Gasteiger charge is 2.14. The fraction of sp³-hybridized carbons (Fsp3) is 0.158. The molecule has 2 rings (SSSR count). The van der Waals surface area contributed by atoms with E-state index in [4.69, 9.17) is 4.74 Å². The zero-order chi connectivity index (χ0) is 18.6. The Hall–Kier alpha value is -2.10. The normalized spacial score (nSPS) is 11.0. The predicted molar refractivity (Wildman–Crippen MR) is 107 cm³/mol. The number of amides is 1. The lowest BCUT2D eigenvalue weighted by Crippen LogP contribution is -2.14. The van der Waals surface area contributed by atoms with Crippen LogP contribution in [0.1, 0.15) is 16.7 Å². The molecule has 1 amide bonds. The number of anilines is 1. The van der Waals surface area contributed by atoms with E-state index in [0.717, 1.165) is 20.1 Å². The molecule has 25 heavy (non-hydrogen) atoms. The topological polar surface area (TPSA) is 62.1 Å². The lowest BCUT2D eigenvalue weighted by atomic mass is 10.1. The number of carbonyl (C=O) groups excluding carboxylic acids is 1. The molecule has 2 aromatic rings. The van der Waals surface area contributed by atoms with Gasteiger partial charge in [0.2, 0.25) is 0 Å². The molecule has 0 heterocycles. The molecule has 0 saturated carbocycles. The van der Waals surface area contributed by atoms with E-state index in [2.05, 4.69) is 37.2 Å². The first kappa shape index (κ1) is 19.2. The van der Waals surface area contributed by atoms with Crippen molar-refractivity contribution >= 4 is 49.5 Å². The molecule has 1 N–H and O–H groups in total. The number of rotatable bonds is 4. The molecular formula is C19H16Br2N2O2. The van der Waals surface area contributed by atoms with Crippen LogP contribution in [0.5, 0.6) is 5.75 Å². The van der Waals surface area contributed by atoms with Crippen molar-refractivity contribution in [2.45, 2.75) is 13.8 Å². The summed E-state index contributed by atoms with van der Waals surface area (Å²) in [4.78, 5) is 12.5. The van der Waals surface area contributed by atoms with Crippen LogP contribution in [-0.4, -0.2) is 13.0 Å². The Morgan fingerprint density at radius 3 is 2.60 bits per heavy atom. The summed E-state index contributed by atoms with van der Waals surface area (Å²) in [6, 6.07) is 11.3. The molecule has 0 spiro atoms. The zero-order valence-corrected chi connectivity index (χ0v) is 17.2. The van der Waals surface area contributed by atoms with Crippen molar-refractivity contribution in [1.82, 2.24) is 0 Å². The lowest BCUT2D eigenvalue weighted by Gasteiger charge is -2.10. The quantitative estimate of drug-likeness (QED) is 0.488. The molecule has 0 atom stereocenters. The Labute approximate surface area is 163 Å². The Balaban J connectivity index is 2.40. The van der Waals surface area contributed by atoms with E-state index < -0.39 is 5.91 Å². The largest absolute Gasteiger partial charge is 0.495 e.